The van der Waals surface area contributed by atoms with Gasteiger partial charge in [0, 0.05) is 50.8 Å². The maximum atomic E-state index is 11.9. The molecule has 0 aromatic carbocycles. The Balaban J connectivity index is 1.59. The highest BCUT2D eigenvalue weighted by Gasteiger charge is 2.42. The standard InChI is InChI=1S/C14H22N4OS/c1-16(2)14(19)10-18-7-4-11-12(18)3-6-17(11)9-13-15-5-8-20-13/h5,8,11-12H,3-4,6-7,9-10H2,1-2H3/t11-,12-/m1/s1. The van der Waals surface area contributed by atoms with Crippen LogP contribution in [-0.4, -0.2) is 71.4 Å². The SMILES string of the molecule is CN(C)C(=O)CN1CC[C@@H]2[C@H]1CCN2Cc1nccs1. The van der Waals surface area contributed by atoms with Gasteiger partial charge in [-0.25, -0.2) is 4.98 Å². The second-order valence-corrected chi connectivity index (χ2v) is 6.85. The number of hydrogen-bond acceptors (Lipinski definition) is 5. The predicted octanol–water partition coefficient (Wildman–Crippen LogP) is 0.880. The number of thiazole rings is 1. The van der Waals surface area contributed by atoms with E-state index in [4.69, 9.17) is 0 Å². The summed E-state index contributed by atoms with van der Waals surface area (Å²) in [5.41, 5.74) is 0. The fourth-order valence-electron chi connectivity index (χ4n) is 3.38. The Hall–Kier alpha value is -0.980. The first-order chi connectivity index (χ1) is 9.65. The first-order valence-corrected chi connectivity index (χ1v) is 8.10. The molecule has 1 amide bonds. The molecule has 2 aliphatic heterocycles. The van der Waals surface area contributed by atoms with Crippen LogP contribution in [0.1, 0.15) is 17.8 Å². The van der Waals surface area contributed by atoms with Gasteiger partial charge in [-0.05, 0) is 12.8 Å². The number of nitrogens with zero attached hydrogens (tertiary/aromatic N) is 4. The van der Waals surface area contributed by atoms with Crippen molar-refractivity contribution >= 4 is 17.2 Å². The molecule has 0 spiro atoms. The Labute approximate surface area is 124 Å². The number of hydrogen-bond donors (Lipinski definition) is 0. The molecule has 20 heavy (non-hydrogen) atoms. The fourth-order valence-corrected chi connectivity index (χ4v) is 4.02. The number of carbonyl (C=O) groups is 1. The average molecular weight is 294 g/mol. The molecule has 0 radical (unpaired) electrons. The molecule has 0 N–H and O–H groups in total. The zero-order chi connectivity index (χ0) is 14.1. The molecule has 0 bridgehead atoms. The Kier molecular flexibility index (Phi) is 4.05. The maximum Gasteiger partial charge on any atom is 0.236 e. The van der Waals surface area contributed by atoms with Crippen LogP contribution in [0, 0.1) is 0 Å². The lowest BCUT2D eigenvalue weighted by Crippen LogP contribution is -2.41. The lowest BCUT2D eigenvalue weighted by molar-refractivity contribution is -0.130. The average Bonchev–Trinajstić information content (AvgIpc) is 3.10. The number of likely N-dealkylation sites (N-methyl/N-ethyl adjacent to an activating group) is 1. The Morgan fingerprint density at radius 2 is 2.05 bits per heavy atom. The quantitative estimate of drug-likeness (QED) is 0.826. The lowest BCUT2D eigenvalue weighted by Gasteiger charge is -2.25. The molecule has 1 aromatic rings. The summed E-state index contributed by atoms with van der Waals surface area (Å²) in [7, 11) is 3.67. The van der Waals surface area contributed by atoms with E-state index in [0.29, 0.717) is 18.6 Å². The van der Waals surface area contributed by atoms with Gasteiger partial charge in [0.1, 0.15) is 5.01 Å². The van der Waals surface area contributed by atoms with Crippen molar-refractivity contribution in [3.05, 3.63) is 16.6 Å². The van der Waals surface area contributed by atoms with Crippen LogP contribution >= 0.6 is 11.3 Å². The third-order valence-corrected chi connectivity index (χ3v) is 5.23. The van der Waals surface area contributed by atoms with E-state index in [1.54, 1.807) is 16.2 Å². The summed E-state index contributed by atoms with van der Waals surface area (Å²) in [5.74, 6) is 0.212. The number of likely N-dealkylation sites (tertiary alicyclic amines) is 2. The van der Waals surface area contributed by atoms with Gasteiger partial charge in [-0.3, -0.25) is 14.6 Å². The highest BCUT2D eigenvalue weighted by atomic mass is 32.1. The summed E-state index contributed by atoms with van der Waals surface area (Å²) in [6.07, 6.45) is 4.23. The van der Waals surface area contributed by atoms with E-state index in [0.717, 1.165) is 19.6 Å². The van der Waals surface area contributed by atoms with Gasteiger partial charge in [-0.15, -0.1) is 11.3 Å². The molecule has 0 saturated carbocycles. The summed E-state index contributed by atoms with van der Waals surface area (Å²) >= 11 is 1.73. The van der Waals surface area contributed by atoms with Crippen LogP contribution in [0.4, 0.5) is 0 Å². The highest BCUT2D eigenvalue weighted by molar-refractivity contribution is 7.09. The van der Waals surface area contributed by atoms with Crippen molar-refractivity contribution in [1.29, 1.82) is 0 Å². The predicted molar refractivity (Wildman–Crippen MR) is 79.6 cm³/mol. The van der Waals surface area contributed by atoms with Crippen molar-refractivity contribution in [2.45, 2.75) is 31.5 Å². The monoisotopic (exact) mass is 294 g/mol. The number of carbonyl (C=O) groups excluding carboxylic acids is 1. The van der Waals surface area contributed by atoms with Gasteiger partial charge in [0.05, 0.1) is 13.1 Å². The zero-order valence-corrected chi connectivity index (χ0v) is 13.0. The van der Waals surface area contributed by atoms with Crippen LogP contribution in [-0.2, 0) is 11.3 Å². The zero-order valence-electron chi connectivity index (χ0n) is 12.2. The molecular weight excluding hydrogens is 272 g/mol. The van der Waals surface area contributed by atoms with E-state index in [-0.39, 0.29) is 5.91 Å². The van der Waals surface area contributed by atoms with Crippen molar-refractivity contribution in [1.82, 2.24) is 19.7 Å². The van der Waals surface area contributed by atoms with Crippen molar-refractivity contribution in [2.24, 2.45) is 0 Å². The molecule has 2 saturated heterocycles. The van der Waals surface area contributed by atoms with Gasteiger partial charge in [0.15, 0.2) is 0 Å². The number of fused-ring (bicyclic) bond motifs is 1. The van der Waals surface area contributed by atoms with E-state index in [9.17, 15) is 4.79 Å². The molecule has 0 aliphatic carbocycles. The summed E-state index contributed by atoms with van der Waals surface area (Å²) in [4.78, 5) is 22.9. The van der Waals surface area contributed by atoms with E-state index in [1.165, 1.54) is 17.8 Å². The Bertz CT molecular complexity index is 462. The van der Waals surface area contributed by atoms with Crippen LogP contribution in [0.15, 0.2) is 11.6 Å². The first kappa shape index (κ1) is 14.0. The van der Waals surface area contributed by atoms with Gasteiger partial charge in [-0.2, -0.15) is 0 Å². The Morgan fingerprint density at radius 1 is 1.35 bits per heavy atom. The molecule has 110 valence electrons. The van der Waals surface area contributed by atoms with Crippen molar-refractivity contribution in [2.75, 3.05) is 33.7 Å². The van der Waals surface area contributed by atoms with Crippen LogP contribution in [0.2, 0.25) is 0 Å². The summed E-state index contributed by atoms with van der Waals surface area (Å²) < 4.78 is 0. The topological polar surface area (TPSA) is 39.7 Å². The minimum atomic E-state index is 0.212. The van der Waals surface area contributed by atoms with Crippen LogP contribution in [0.5, 0.6) is 0 Å². The molecule has 5 nitrogen and oxygen atoms in total. The van der Waals surface area contributed by atoms with Gasteiger partial charge < -0.3 is 4.90 Å². The van der Waals surface area contributed by atoms with Gasteiger partial charge in [-0.1, -0.05) is 0 Å². The van der Waals surface area contributed by atoms with Crippen LogP contribution in [0.3, 0.4) is 0 Å². The van der Waals surface area contributed by atoms with E-state index < -0.39 is 0 Å². The van der Waals surface area contributed by atoms with Crippen molar-refractivity contribution in [3.63, 3.8) is 0 Å². The highest BCUT2D eigenvalue weighted by Crippen LogP contribution is 2.32. The van der Waals surface area contributed by atoms with E-state index >= 15 is 0 Å². The lowest BCUT2D eigenvalue weighted by atomic mass is 10.1. The second kappa shape index (κ2) is 5.79. The molecule has 3 heterocycles. The smallest absolute Gasteiger partial charge is 0.236 e. The largest absolute Gasteiger partial charge is 0.348 e. The minimum Gasteiger partial charge on any atom is -0.348 e. The van der Waals surface area contributed by atoms with Crippen molar-refractivity contribution < 1.29 is 4.79 Å². The summed E-state index contributed by atoms with van der Waals surface area (Å²) in [6, 6.07) is 1.16. The van der Waals surface area contributed by atoms with E-state index in [2.05, 4.69) is 14.8 Å². The van der Waals surface area contributed by atoms with Crippen molar-refractivity contribution in [3.8, 4) is 0 Å². The first-order valence-electron chi connectivity index (χ1n) is 7.22. The molecule has 0 unspecified atom stereocenters. The van der Waals surface area contributed by atoms with Gasteiger partial charge in [0.25, 0.3) is 0 Å². The number of aromatic nitrogens is 1. The number of rotatable bonds is 4. The summed E-state index contributed by atoms with van der Waals surface area (Å²) in [5, 5.41) is 3.24. The Morgan fingerprint density at radius 3 is 2.70 bits per heavy atom. The molecule has 2 fully saturated rings. The third kappa shape index (κ3) is 2.73. The maximum absolute atomic E-state index is 11.9. The van der Waals surface area contributed by atoms with Gasteiger partial charge in [0.2, 0.25) is 5.91 Å². The molecular formula is C14H22N4OS. The third-order valence-electron chi connectivity index (χ3n) is 4.47. The molecule has 3 rings (SSSR count). The second-order valence-electron chi connectivity index (χ2n) is 5.87. The number of amides is 1. The molecule has 6 heteroatoms. The van der Waals surface area contributed by atoms with E-state index in [1.807, 2.05) is 25.7 Å². The normalized spacial score (nSPS) is 26.9. The van der Waals surface area contributed by atoms with Crippen LogP contribution < -0.4 is 0 Å². The molecule has 2 atom stereocenters. The van der Waals surface area contributed by atoms with Gasteiger partial charge >= 0.3 is 0 Å². The minimum absolute atomic E-state index is 0.212. The molecule has 2 aliphatic rings. The van der Waals surface area contributed by atoms with Crippen LogP contribution in [0.25, 0.3) is 0 Å². The summed E-state index contributed by atoms with van der Waals surface area (Å²) in [6.45, 7) is 3.71. The molecule has 1 aromatic heterocycles. The fraction of sp³-hybridized carbons (Fsp3) is 0.714.